The molecule has 2 aromatic carbocycles. The monoisotopic (exact) mass is 514 g/mol. The van der Waals surface area contributed by atoms with Gasteiger partial charge in [-0.05, 0) is 0 Å². The van der Waals surface area contributed by atoms with Gasteiger partial charge < -0.3 is 0 Å². The van der Waals surface area contributed by atoms with Crippen molar-refractivity contribution in [3.05, 3.63) is 71.9 Å². The van der Waals surface area contributed by atoms with Crippen molar-refractivity contribution >= 4 is 26.1 Å². The molecule has 1 aromatic heterocycles. The van der Waals surface area contributed by atoms with Crippen molar-refractivity contribution in [3.63, 3.8) is 0 Å². The molecule has 0 saturated carbocycles. The third kappa shape index (κ3) is 4.10. The first-order chi connectivity index (χ1) is 13.2. The molecule has 0 N–H and O–H groups in total. The van der Waals surface area contributed by atoms with Crippen molar-refractivity contribution in [1.29, 1.82) is 0 Å². The SMILES string of the molecule is Cc1cc(-c2[c-]cccc2)[c-]cc1-c1c[c]2c(c[n+]1C)C[CH2][Ge]21[CH2]CC[CH2]1.[B].[Y]. The quantitative estimate of drug-likeness (QED) is 0.273. The second-order valence-electron chi connectivity index (χ2n) is 8.42. The first kappa shape index (κ1) is 23.0. The van der Waals surface area contributed by atoms with Gasteiger partial charge in [0.2, 0.25) is 0 Å². The molecule has 1 saturated heterocycles. The van der Waals surface area contributed by atoms with Gasteiger partial charge in [-0.15, -0.1) is 0 Å². The van der Waals surface area contributed by atoms with E-state index in [0.29, 0.717) is 0 Å². The van der Waals surface area contributed by atoms with Crippen LogP contribution in [-0.2, 0) is 46.2 Å². The third-order valence-corrected chi connectivity index (χ3v) is 18.2. The topological polar surface area (TPSA) is 3.88 Å². The Balaban J connectivity index is 0.00000120. The number of hydrogen-bond donors (Lipinski definition) is 0. The number of fused-ring (bicyclic) bond motifs is 2. The van der Waals surface area contributed by atoms with Crippen LogP contribution in [0.2, 0.25) is 15.8 Å². The molecule has 1 fully saturated rings. The number of aryl methyl sites for hydroxylation is 3. The van der Waals surface area contributed by atoms with Gasteiger partial charge in [0.1, 0.15) is 0 Å². The summed E-state index contributed by atoms with van der Waals surface area (Å²) < 4.78 is 4.17. The van der Waals surface area contributed by atoms with Gasteiger partial charge in [-0.25, -0.2) is 0 Å². The molecule has 1 nitrogen and oxygen atoms in total. The minimum atomic E-state index is -1.77. The van der Waals surface area contributed by atoms with Gasteiger partial charge in [-0.2, -0.15) is 0 Å². The first-order valence-corrected chi connectivity index (χ1v) is 15.7. The van der Waals surface area contributed by atoms with Gasteiger partial charge in [0, 0.05) is 41.1 Å². The van der Waals surface area contributed by atoms with Crippen molar-refractivity contribution in [2.75, 3.05) is 0 Å². The Morgan fingerprint density at radius 2 is 1.79 bits per heavy atom. The molecule has 0 aliphatic carbocycles. The van der Waals surface area contributed by atoms with Crippen molar-refractivity contribution < 1.29 is 37.3 Å². The summed E-state index contributed by atoms with van der Waals surface area (Å²) in [7, 11) is 2.21. The molecule has 3 heterocycles. The Labute approximate surface area is 205 Å². The number of hydrogen-bond acceptors (Lipinski definition) is 0. The van der Waals surface area contributed by atoms with E-state index in [-0.39, 0.29) is 41.1 Å². The van der Waals surface area contributed by atoms with Crippen molar-refractivity contribution in [2.45, 2.75) is 41.9 Å². The molecule has 0 unspecified atom stereocenters. The number of pyridine rings is 1. The number of aromatic nitrogens is 1. The van der Waals surface area contributed by atoms with Crippen molar-refractivity contribution in [2.24, 2.45) is 7.05 Å². The molecular formula is C25H26BGeNY-. The zero-order valence-electron chi connectivity index (χ0n) is 17.5. The summed E-state index contributed by atoms with van der Waals surface area (Å²) in [5.74, 6) is 0. The molecule has 1 spiro atoms. The summed E-state index contributed by atoms with van der Waals surface area (Å²) in [5.41, 5.74) is 7.91. The zero-order chi connectivity index (χ0) is 18.4. The average Bonchev–Trinajstić information content (AvgIpc) is 3.30. The van der Waals surface area contributed by atoms with Crippen LogP contribution in [-0.4, -0.2) is 21.7 Å². The summed E-state index contributed by atoms with van der Waals surface area (Å²) in [4.78, 5) is 0. The van der Waals surface area contributed by atoms with Gasteiger partial charge in [0.25, 0.3) is 0 Å². The predicted octanol–water partition coefficient (Wildman–Crippen LogP) is 4.38. The van der Waals surface area contributed by atoms with Gasteiger partial charge in [-0.3, -0.25) is 0 Å². The first-order valence-electron chi connectivity index (χ1n) is 10.2. The zero-order valence-corrected chi connectivity index (χ0v) is 22.4. The largest absolute Gasteiger partial charge is 0 e. The summed E-state index contributed by atoms with van der Waals surface area (Å²) in [6.45, 7) is 2.23. The molecule has 0 amide bonds. The molecule has 0 bridgehead atoms. The molecule has 3 aromatic rings. The van der Waals surface area contributed by atoms with E-state index in [1.807, 2.05) is 16.5 Å². The average molecular weight is 513 g/mol. The molecule has 4 radical (unpaired) electrons. The van der Waals surface area contributed by atoms with Gasteiger partial charge in [0.05, 0.1) is 0 Å². The second-order valence-corrected chi connectivity index (χ2v) is 18.1. The van der Waals surface area contributed by atoms with Crippen LogP contribution in [0.25, 0.3) is 22.4 Å². The minimum Gasteiger partial charge on any atom is 0 e. The Hall–Kier alpha value is -0.698. The maximum absolute atomic E-state index is 3.52. The standard InChI is InChI=1S/C25H26GeN.B.Y/c1-19-16-21(20-8-4-3-5-9-20)10-11-23(19)25-17-24-22(18-27(25)2)12-15-26(24)13-6-7-14-26;;/h3-5,8,11,16-18H,6-7,12-15H2,1-2H3;;/q-1;;. The number of nitrogens with zero attached hydrogens (tertiary/aromatic N) is 1. The number of rotatable bonds is 2. The fourth-order valence-corrected chi connectivity index (χ4v) is 16.8. The molecule has 4 heteroatoms. The molecular weight excluding hydrogens is 487 g/mol. The molecule has 2 aliphatic heterocycles. The Morgan fingerprint density at radius 3 is 2.48 bits per heavy atom. The Morgan fingerprint density at radius 1 is 1.00 bits per heavy atom. The van der Waals surface area contributed by atoms with E-state index < -0.39 is 13.3 Å². The van der Waals surface area contributed by atoms with Crippen LogP contribution >= 0.6 is 0 Å². The van der Waals surface area contributed by atoms with Crippen LogP contribution in [0.3, 0.4) is 0 Å². The van der Waals surface area contributed by atoms with Crippen LogP contribution in [0.4, 0.5) is 0 Å². The maximum atomic E-state index is 3.52. The fraction of sp³-hybridized carbons (Fsp3) is 0.320. The molecule has 142 valence electrons. The summed E-state index contributed by atoms with van der Waals surface area (Å²) in [5, 5.41) is 4.66. The van der Waals surface area contributed by atoms with Gasteiger partial charge >= 0.3 is 166 Å². The molecule has 29 heavy (non-hydrogen) atoms. The fourth-order valence-electron chi connectivity index (χ4n) is 5.34. The van der Waals surface area contributed by atoms with Crippen LogP contribution in [0.15, 0.2) is 48.7 Å². The summed E-state index contributed by atoms with van der Waals surface area (Å²) in [6.07, 6.45) is 6.72. The van der Waals surface area contributed by atoms with E-state index in [0.717, 1.165) is 11.1 Å². The van der Waals surface area contributed by atoms with E-state index in [9.17, 15) is 0 Å². The van der Waals surface area contributed by atoms with Crippen LogP contribution in [0.5, 0.6) is 0 Å². The van der Waals surface area contributed by atoms with Crippen molar-refractivity contribution in [1.82, 2.24) is 0 Å². The molecule has 0 atom stereocenters. The van der Waals surface area contributed by atoms with Crippen LogP contribution in [0.1, 0.15) is 24.0 Å². The Kier molecular flexibility index (Phi) is 7.29. The summed E-state index contributed by atoms with van der Waals surface area (Å²) in [6, 6.07) is 22.0. The van der Waals surface area contributed by atoms with E-state index in [1.54, 1.807) is 16.1 Å². The second kappa shape index (κ2) is 9.20. The predicted molar refractivity (Wildman–Crippen MR) is 119 cm³/mol. The molecule has 2 aliphatic rings. The van der Waals surface area contributed by atoms with Gasteiger partial charge in [-0.1, -0.05) is 0 Å². The van der Waals surface area contributed by atoms with Crippen LogP contribution < -0.4 is 8.96 Å². The number of benzene rings is 2. The summed E-state index contributed by atoms with van der Waals surface area (Å²) >= 11 is -1.77. The normalized spacial score (nSPS) is 16.2. The van der Waals surface area contributed by atoms with Crippen molar-refractivity contribution in [3.8, 4) is 22.4 Å². The van der Waals surface area contributed by atoms with E-state index in [4.69, 9.17) is 0 Å². The van der Waals surface area contributed by atoms with E-state index in [1.165, 1.54) is 41.3 Å². The maximum Gasteiger partial charge on any atom is 0 e. The van der Waals surface area contributed by atoms with Crippen LogP contribution in [0, 0.1) is 19.1 Å². The third-order valence-electron chi connectivity index (χ3n) is 6.79. The smallest absolute Gasteiger partial charge is 0 e. The molecule has 5 rings (SSSR count). The van der Waals surface area contributed by atoms with E-state index in [2.05, 4.69) is 67.2 Å². The van der Waals surface area contributed by atoms with E-state index >= 15 is 0 Å². The minimum absolute atomic E-state index is 0. The van der Waals surface area contributed by atoms with Gasteiger partial charge in [0.15, 0.2) is 0 Å². The Bertz CT molecular complexity index is 1010.